The van der Waals surface area contributed by atoms with Gasteiger partial charge < -0.3 is 0 Å². The molecule has 0 fully saturated rings. The van der Waals surface area contributed by atoms with Gasteiger partial charge in [-0.15, -0.1) is 0 Å². The second-order valence-electron chi connectivity index (χ2n) is 3.72. The molecule has 0 spiro atoms. The molecule has 2 rings (SSSR count). The molecule has 0 heterocycles. The van der Waals surface area contributed by atoms with Gasteiger partial charge in [0.25, 0.3) is 0 Å². The summed E-state index contributed by atoms with van der Waals surface area (Å²) < 4.78 is 1.18. The normalized spacial score (nSPS) is 11.6. The molecule has 2 aromatic rings. The van der Waals surface area contributed by atoms with Crippen molar-refractivity contribution in [1.29, 1.82) is 0 Å². The van der Waals surface area contributed by atoms with Crippen LogP contribution in [0.15, 0.2) is 54.6 Å². The molecule has 0 unspecified atom stereocenters. The van der Waals surface area contributed by atoms with E-state index in [9.17, 15) is 0 Å². The minimum absolute atomic E-state index is 0.798. The second-order valence-corrected chi connectivity index (χ2v) is 4.13. The van der Waals surface area contributed by atoms with Crippen LogP contribution in [0.3, 0.4) is 0 Å². The van der Waals surface area contributed by atoms with E-state index in [0.717, 1.165) is 10.6 Å². The van der Waals surface area contributed by atoms with Gasteiger partial charge in [-0.1, -0.05) is 0 Å². The van der Waals surface area contributed by atoms with E-state index in [1.807, 2.05) is 42.5 Å². The molecular weight excluding hydrogens is 211 g/mol. The van der Waals surface area contributed by atoms with Crippen molar-refractivity contribution in [2.24, 2.45) is 0 Å². The summed E-state index contributed by atoms with van der Waals surface area (Å²) in [6.07, 6.45) is 2.14. The zero-order valence-corrected chi connectivity index (χ0v) is 9.91. The molecule has 0 aliphatic heterocycles. The molecule has 0 bridgehead atoms. The minimum atomic E-state index is 0.798. The average Bonchev–Trinajstić information content (AvgIpc) is 2.31. The average molecular weight is 221 g/mol. The van der Waals surface area contributed by atoms with Crippen molar-refractivity contribution < 1.29 is 0 Å². The van der Waals surface area contributed by atoms with Crippen LogP contribution in [-0.4, -0.2) is 17.7 Å². The summed E-state index contributed by atoms with van der Waals surface area (Å²) in [5.41, 5.74) is 2.29. The molecule has 0 aliphatic rings. The second kappa shape index (κ2) is 5.41. The van der Waals surface area contributed by atoms with Crippen LogP contribution in [0.1, 0.15) is 11.1 Å². The molecule has 0 nitrogen and oxygen atoms in total. The Kier molecular flexibility index (Phi) is 3.91. The van der Waals surface area contributed by atoms with E-state index in [4.69, 9.17) is 11.6 Å². The van der Waals surface area contributed by atoms with Crippen molar-refractivity contribution >= 4 is 39.6 Å². The van der Waals surface area contributed by atoms with Gasteiger partial charge in [0.15, 0.2) is 0 Å². The molecule has 2 aromatic carbocycles. The maximum absolute atomic E-state index is 6.14. The molecule has 0 aromatic heterocycles. The van der Waals surface area contributed by atoms with Crippen molar-refractivity contribution in [3.63, 3.8) is 0 Å². The number of hydrogen-bond acceptors (Lipinski definition) is 0. The Hall–Kier alpha value is -0.933. The number of benzene rings is 2. The van der Waals surface area contributed by atoms with Gasteiger partial charge in [0, 0.05) is 0 Å². The van der Waals surface area contributed by atoms with Gasteiger partial charge >= 0.3 is 110 Å². The van der Waals surface area contributed by atoms with E-state index in [2.05, 4.69) is 35.9 Å². The van der Waals surface area contributed by atoms with Crippen molar-refractivity contribution in [2.45, 2.75) is 0 Å². The quantitative estimate of drug-likeness (QED) is 0.530. The van der Waals surface area contributed by atoms with Crippen molar-refractivity contribution in [3.8, 4) is 0 Å². The first-order valence-electron chi connectivity index (χ1n) is 5.25. The summed E-state index contributed by atoms with van der Waals surface area (Å²) in [6.45, 7) is 0. The van der Waals surface area contributed by atoms with Gasteiger partial charge in [-0.25, -0.2) is 0 Å². The standard InChI is InChI=1S/C14H10Cl.Li/c15-14-9-5-4-8-13(14)11-10-12-6-2-1-3-7-12;/h1-10H;. The van der Waals surface area contributed by atoms with Gasteiger partial charge in [0.1, 0.15) is 0 Å². The van der Waals surface area contributed by atoms with Gasteiger partial charge in [-0.2, -0.15) is 0 Å². The topological polar surface area (TPSA) is 0 Å². The fraction of sp³-hybridized carbons (Fsp3) is 0. The third kappa shape index (κ3) is 2.80. The first-order chi connectivity index (χ1) is 7.77. The number of hydrogen-bond donors (Lipinski definition) is 0. The van der Waals surface area contributed by atoms with E-state index in [0.29, 0.717) is 0 Å². The SMILES string of the molecule is [Li][C](=Cc1ccccc1)c1ccccc1Cl. The van der Waals surface area contributed by atoms with Gasteiger partial charge in [0.05, 0.1) is 0 Å². The fourth-order valence-corrected chi connectivity index (χ4v) is 1.94. The van der Waals surface area contributed by atoms with Crippen LogP contribution in [0.25, 0.3) is 10.3 Å². The predicted octanol–water partition coefficient (Wildman–Crippen LogP) is 4.01. The predicted molar refractivity (Wildman–Crippen MR) is 71.5 cm³/mol. The summed E-state index contributed by atoms with van der Waals surface area (Å²) in [5, 5.41) is 0.798. The fourth-order valence-electron chi connectivity index (χ4n) is 1.66. The van der Waals surface area contributed by atoms with E-state index < -0.39 is 0 Å². The van der Waals surface area contributed by atoms with Crippen LogP contribution in [0.4, 0.5) is 0 Å². The maximum atomic E-state index is 6.14. The van der Waals surface area contributed by atoms with Crippen LogP contribution in [0.2, 0.25) is 5.02 Å². The zero-order valence-electron chi connectivity index (χ0n) is 9.15. The summed E-state index contributed by atoms with van der Waals surface area (Å²) in [4.78, 5) is 0. The molecule has 74 valence electrons. The third-order valence-corrected chi connectivity index (χ3v) is 2.81. The molecule has 0 saturated heterocycles. The number of rotatable bonds is 2. The Balaban J connectivity index is 2.36. The Morgan fingerprint density at radius 2 is 1.56 bits per heavy atom. The van der Waals surface area contributed by atoms with Crippen LogP contribution >= 0.6 is 11.6 Å². The third-order valence-electron chi connectivity index (χ3n) is 2.48. The Morgan fingerprint density at radius 3 is 2.25 bits per heavy atom. The van der Waals surface area contributed by atoms with Crippen LogP contribution in [-0.2, 0) is 0 Å². The molecule has 16 heavy (non-hydrogen) atoms. The molecule has 0 amide bonds. The molecule has 0 aliphatic carbocycles. The number of halogens is 1. The molecule has 0 saturated carbocycles. The molecule has 0 atom stereocenters. The first kappa shape index (κ1) is 11.5. The first-order valence-corrected chi connectivity index (χ1v) is 5.63. The summed E-state index contributed by atoms with van der Waals surface area (Å²) >= 11 is 8.22. The molecule has 0 N–H and O–H groups in total. The Labute approximate surface area is 110 Å². The Bertz CT molecular complexity index is 503. The van der Waals surface area contributed by atoms with E-state index in [-0.39, 0.29) is 0 Å². The van der Waals surface area contributed by atoms with Gasteiger partial charge in [-0.3, -0.25) is 0 Å². The summed E-state index contributed by atoms with van der Waals surface area (Å²) in [5.74, 6) is 0. The molecule has 2 heteroatoms. The van der Waals surface area contributed by atoms with Crippen LogP contribution in [0, 0.1) is 0 Å². The monoisotopic (exact) mass is 220 g/mol. The van der Waals surface area contributed by atoms with E-state index >= 15 is 0 Å². The zero-order chi connectivity index (χ0) is 11.4. The van der Waals surface area contributed by atoms with Crippen LogP contribution in [0.5, 0.6) is 0 Å². The Morgan fingerprint density at radius 1 is 0.938 bits per heavy atom. The van der Waals surface area contributed by atoms with E-state index in [1.165, 1.54) is 9.81 Å². The molecule has 0 radical (unpaired) electrons. The molecular formula is C14H10ClLi. The van der Waals surface area contributed by atoms with Gasteiger partial charge in [-0.05, 0) is 0 Å². The van der Waals surface area contributed by atoms with Crippen LogP contribution < -0.4 is 0 Å². The summed E-state index contributed by atoms with van der Waals surface area (Å²) in [7, 11) is 0. The summed E-state index contributed by atoms with van der Waals surface area (Å²) in [6, 6.07) is 18.2. The van der Waals surface area contributed by atoms with Gasteiger partial charge in [0.2, 0.25) is 0 Å². The van der Waals surface area contributed by atoms with Crippen molar-refractivity contribution in [1.82, 2.24) is 0 Å². The van der Waals surface area contributed by atoms with E-state index in [1.54, 1.807) is 0 Å². The van der Waals surface area contributed by atoms with Crippen molar-refractivity contribution in [2.75, 3.05) is 0 Å². The van der Waals surface area contributed by atoms with Crippen molar-refractivity contribution in [3.05, 3.63) is 70.7 Å².